The van der Waals surface area contributed by atoms with Gasteiger partial charge in [-0.05, 0) is 98.4 Å². The van der Waals surface area contributed by atoms with Gasteiger partial charge in [0.25, 0.3) is 0 Å². The summed E-state index contributed by atoms with van der Waals surface area (Å²) in [5.74, 6) is 2.38. The molecule has 0 N–H and O–H groups in total. The van der Waals surface area contributed by atoms with Crippen LogP contribution in [0.5, 0.6) is 5.75 Å². The fourth-order valence-corrected chi connectivity index (χ4v) is 12.8. The van der Waals surface area contributed by atoms with Crippen LogP contribution in [-0.2, 0) is 111 Å². The summed E-state index contributed by atoms with van der Waals surface area (Å²) in [6, 6.07) is 118. The van der Waals surface area contributed by atoms with Crippen molar-refractivity contribution in [2.75, 3.05) is 7.11 Å². The monoisotopic (exact) mass is 2430 g/mol. The Morgan fingerprint density at radius 2 is 0.763 bits per heavy atom. The molecule has 13 aromatic carbocycles. The first-order chi connectivity index (χ1) is 55.2. The minimum atomic E-state index is -0.0931. The summed E-state index contributed by atoms with van der Waals surface area (Å²) in [5.41, 5.74) is 17.6. The Kier molecular flexibility index (Phi) is 31.6. The van der Waals surface area contributed by atoms with Gasteiger partial charge in [0.15, 0.2) is 0 Å². The zero-order valence-corrected chi connectivity index (χ0v) is 77.2. The summed E-state index contributed by atoms with van der Waals surface area (Å²) >= 11 is 0. The van der Waals surface area contributed by atoms with Crippen molar-refractivity contribution in [2.24, 2.45) is 0 Å². The van der Waals surface area contributed by atoms with Crippen molar-refractivity contribution in [2.45, 2.75) is 52.4 Å². The molecule has 5 radical (unpaired) electrons. The van der Waals surface area contributed by atoms with Gasteiger partial charge in [0.2, 0.25) is 0 Å². The Labute approximate surface area is 754 Å². The van der Waals surface area contributed by atoms with Crippen LogP contribution >= 0.6 is 0 Å². The summed E-state index contributed by atoms with van der Waals surface area (Å²) in [5, 5.41) is 10.0. The quantitative estimate of drug-likeness (QED) is 0.139. The van der Waals surface area contributed by atoms with E-state index >= 15 is 0 Å². The number of pyridine rings is 1. The van der Waals surface area contributed by atoms with Crippen LogP contribution in [0.25, 0.3) is 149 Å². The van der Waals surface area contributed by atoms with E-state index in [1.807, 2.05) is 254 Å². The van der Waals surface area contributed by atoms with Crippen LogP contribution in [0.15, 0.2) is 335 Å². The first kappa shape index (κ1) is 89.2. The average molecular weight is 2420 g/mol. The molecule has 13 nitrogen and oxygen atoms in total. The molecular formula is C100H76Ir5N12O-6. The molecule has 7 aromatic heterocycles. The first-order valence-electron chi connectivity index (χ1n) is 37.1. The minimum absolute atomic E-state index is 0. The second-order valence-corrected chi connectivity index (χ2v) is 28.6. The molecular weight excluding hydrogens is 2350 g/mol. The predicted molar refractivity (Wildman–Crippen MR) is 457 cm³/mol. The van der Waals surface area contributed by atoms with Crippen LogP contribution in [0.2, 0.25) is 0 Å². The van der Waals surface area contributed by atoms with Crippen molar-refractivity contribution >= 4 is 81.7 Å². The molecule has 0 bridgehead atoms. The molecule has 18 heteroatoms. The summed E-state index contributed by atoms with van der Waals surface area (Å²) < 4.78 is 7.24. The predicted octanol–water partition coefficient (Wildman–Crippen LogP) is 23.2. The van der Waals surface area contributed by atoms with Crippen molar-refractivity contribution in [3.05, 3.63) is 383 Å². The molecule has 20 rings (SSSR count). The number of fused-ring (bicyclic) bond motifs is 8. The molecule has 0 aliphatic rings. The number of benzene rings is 13. The third-order valence-electron chi connectivity index (χ3n) is 18.8. The molecule has 0 spiro atoms. The van der Waals surface area contributed by atoms with Crippen molar-refractivity contribution in [3.8, 4) is 73.4 Å². The molecule has 593 valence electrons. The van der Waals surface area contributed by atoms with E-state index in [1.54, 1.807) is 26.1 Å². The van der Waals surface area contributed by atoms with E-state index in [0.717, 1.165) is 139 Å². The van der Waals surface area contributed by atoms with Gasteiger partial charge in [-0.15, -0.1) is 195 Å². The normalized spacial score (nSPS) is 10.7. The van der Waals surface area contributed by atoms with Gasteiger partial charge in [0, 0.05) is 135 Å². The van der Waals surface area contributed by atoms with Gasteiger partial charge in [0.05, 0.1) is 40.5 Å². The molecule has 118 heavy (non-hydrogen) atoms. The number of ether oxygens (including phenoxy) is 1. The number of methoxy groups -OCH3 is 1. The third kappa shape index (κ3) is 21.8. The van der Waals surface area contributed by atoms with Crippen LogP contribution in [-0.4, -0.2) is 66.3 Å². The van der Waals surface area contributed by atoms with Crippen molar-refractivity contribution in [3.63, 3.8) is 0 Å². The first-order valence-corrected chi connectivity index (χ1v) is 37.1. The second kappa shape index (κ2) is 41.8. The van der Waals surface area contributed by atoms with Crippen LogP contribution in [0.4, 0.5) is 0 Å². The van der Waals surface area contributed by atoms with Crippen molar-refractivity contribution in [1.82, 2.24) is 59.2 Å². The van der Waals surface area contributed by atoms with Gasteiger partial charge >= 0.3 is 0 Å². The molecule has 0 aliphatic carbocycles. The van der Waals surface area contributed by atoms with E-state index in [1.165, 1.54) is 27.1 Å². The molecule has 0 amide bonds. The summed E-state index contributed by atoms with van der Waals surface area (Å²) in [6.45, 7) is 13.1. The Balaban J connectivity index is 0.000000149. The maximum atomic E-state index is 5.22. The topological polar surface area (TPSA) is 155 Å². The van der Waals surface area contributed by atoms with Gasteiger partial charge in [-0.25, -0.2) is 19.9 Å². The third-order valence-corrected chi connectivity index (χ3v) is 18.8. The molecule has 0 atom stereocenters. The Hall–Kier alpha value is -11.2. The van der Waals surface area contributed by atoms with E-state index < -0.39 is 0 Å². The number of imidazole rings is 1. The Bertz CT molecular complexity index is 6550. The number of para-hydroxylation sites is 5. The Morgan fingerprint density at radius 1 is 0.314 bits per heavy atom. The number of aromatic nitrogens is 12. The number of hydrogen-bond acceptors (Lipinski definition) is 12. The second-order valence-electron chi connectivity index (χ2n) is 28.6. The molecule has 0 fully saturated rings. The number of rotatable bonds is 7. The zero-order valence-electron chi connectivity index (χ0n) is 65.2. The smallest absolute Gasteiger partial charge is 0.126 e. The largest absolute Gasteiger partial charge is 0.516 e. The molecule has 0 saturated heterocycles. The SMILES string of the molecule is CC(C)(C)c1c[c-]c(-c2nc(C(C)(C)C)nc3ccccc23)cc1.COc1cc[c-]c(-c2ncnc3ccccc23)c1.[Ir].[Ir].[Ir].[Ir].[Ir].[c-]1cc2ccccc2cc1-c1ncc2ccccc2n1.[c-]1cc2ccccc2cc1-c1ncnc2ccccc12.[c-]1ccccc1-c1cn2ccccc2n1.[c-]1ccccc1-c1ncnc2ccccc12. The molecule has 0 aliphatic heterocycles. The van der Waals surface area contributed by atoms with E-state index in [9.17, 15) is 0 Å². The molecule has 0 unspecified atom stereocenters. The van der Waals surface area contributed by atoms with E-state index in [2.05, 4.69) is 190 Å². The maximum absolute atomic E-state index is 5.22. The van der Waals surface area contributed by atoms with Gasteiger partial charge in [-0.2, -0.15) is 0 Å². The van der Waals surface area contributed by atoms with Crippen LogP contribution in [0.1, 0.15) is 52.9 Å². The molecule has 7 heterocycles. The number of nitrogens with zero attached hydrogens (tertiary/aromatic N) is 12. The van der Waals surface area contributed by atoms with Crippen LogP contribution < -0.4 is 4.74 Å². The van der Waals surface area contributed by atoms with E-state index in [4.69, 9.17) is 14.7 Å². The molecule has 20 aromatic rings. The Morgan fingerprint density at radius 3 is 1.29 bits per heavy atom. The zero-order chi connectivity index (χ0) is 77.5. The van der Waals surface area contributed by atoms with E-state index in [0.29, 0.717) is 0 Å². The van der Waals surface area contributed by atoms with Gasteiger partial charge < -0.3 is 9.14 Å². The summed E-state index contributed by atoms with van der Waals surface area (Å²) in [4.78, 5) is 49.2. The summed E-state index contributed by atoms with van der Waals surface area (Å²) in [6.07, 6.45) is 10.7. The van der Waals surface area contributed by atoms with Crippen LogP contribution in [0.3, 0.4) is 0 Å². The van der Waals surface area contributed by atoms with Crippen LogP contribution in [0, 0.1) is 36.4 Å². The van der Waals surface area contributed by atoms with Gasteiger partial charge in [-0.3, -0.25) is 34.9 Å². The van der Waals surface area contributed by atoms with Gasteiger partial charge in [0.1, 0.15) is 30.5 Å². The average Bonchev–Trinajstić information content (AvgIpc) is 1.19. The summed E-state index contributed by atoms with van der Waals surface area (Å²) in [7, 11) is 1.65. The standard InChI is InChI=1S/C22H25N2.2C18H11N2.C15H11N2O.C14H9N2.C13H9N2.5Ir/c1-21(2,3)16-13-11-15(12-14-16)19-17-9-7-8-10-18(17)23-20(24-19)22(4,5)6;1-2-6-14-11-15(10-9-13(14)5-1)18-16-7-3-4-8-17(16)19-12-20-18;1-2-6-14-11-15(10-9-13(14)5-1)18-19-12-16-7-3-4-8-17(16)20-18;1-18-12-6-4-5-11(9-12)15-13-7-2-3-8-14(13)16-10-17-15;1-2-6-11(7-3-1)14-12-8-4-5-9-13(12)15-10-16-14;1-2-6-11(7-3-1)12-10-15-9-5-4-8-13(15)14-12;;;;;/h7-11,13-14H,1-6H3;2*1-9,11-12H;2-4,6-10H,1H3;1-6,8-10H;1-6,8-10H;;;;;/q6*-1;;;;;. The number of hydrogen-bond donors (Lipinski definition) is 0. The fourth-order valence-electron chi connectivity index (χ4n) is 12.8. The van der Waals surface area contributed by atoms with Crippen molar-refractivity contribution < 1.29 is 105 Å². The maximum Gasteiger partial charge on any atom is 0.126 e. The molecule has 0 saturated carbocycles. The fraction of sp³-hybridized carbons (Fsp3) is 0.0900. The van der Waals surface area contributed by atoms with Crippen molar-refractivity contribution in [1.29, 1.82) is 0 Å². The van der Waals surface area contributed by atoms with E-state index in [-0.39, 0.29) is 111 Å². The minimum Gasteiger partial charge on any atom is -0.516 e. The van der Waals surface area contributed by atoms with Gasteiger partial charge in [-0.1, -0.05) is 198 Å².